The number of hydrogen-bond donors (Lipinski definition) is 2. The summed E-state index contributed by atoms with van der Waals surface area (Å²) in [5.74, 6) is 0. The number of anilines is 1. The average molecular weight is 363 g/mol. The van der Waals surface area contributed by atoms with E-state index in [2.05, 4.69) is 25.6 Å². The molecule has 2 aromatic rings. The fraction of sp³-hybridized carbons (Fsp3) is 0.182. The molecule has 0 bridgehead atoms. The number of hydrogen-bond acceptors (Lipinski definition) is 5. The van der Waals surface area contributed by atoms with Crippen molar-refractivity contribution in [1.29, 1.82) is 0 Å². The number of halogens is 1. The molecular weight excluding hydrogens is 352 g/mol. The van der Waals surface area contributed by atoms with Crippen molar-refractivity contribution in [2.24, 2.45) is 0 Å². The molecule has 1 aromatic carbocycles. The van der Waals surface area contributed by atoms with Crippen molar-refractivity contribution in [2.75, 3.05) is 4.72 Å². The van der Waals surface area contributed by atoms with Gasteiger partial charge in [0, 0.05) is 0 Å². The number of aliphatic hydroxyl groups excluding tert-OH is 1. The molecule has 0 aliphatic rings. The van der Waals surface area contributed by atoms with Crippen LogP contribution in [0.25, 0.3) is 0 Å². The van der Waals surface area contributed by atoms with Crippen LogP contribution in [-0.4, -0.2) is 18.5 Å². The number of thiazole rings is 1. The Balaban J connectivity index is 2.31. The van der Waals surface area contributed by atoms with Gasteiger partial charge in [0.25, 0.3) is 10.0 Å². The van der Waals surface area contributed by atoms with Gasteiger partial charge in [0.2, 0.25) is 0 Å². The average Bonchev–Trinajstić information content (AvgIpc) is 2.74. The molecule has 0 amide bonds. The lowest BCUT2D eigenvalue weighted by molar-refractivity contribution is 0.199. The summed E-state index contributed by atoms with van der Waals surface area (Å²) in [5.41, 5.74) is 0.545. The van der Waals surface area contributed by atoms with Gasteiger partial charge in [-0.15, -0.1) is 0 Å². The van der Waals surface area contributed by atoms with Crippen LogP contribution in [0.5, 0.6) is 0 Å². The second kappa shape index (κ2) is 5.58. The van der Waals surface area contributed by atoms with Gasteiger partial charge in [0.1, 0.15) is 0 Å². The van der Waals surface area contributed by atoms with Gasteiger partial charge in [0.15, 0.2) is 5.13 Å². The van der Waals surface area contributed by atoms with Crippen molar-refractivity contribution >= 4 is 42.4 Å². The van der Waals surface area contributed by atoms with Gasteiger partial charge >= 0.3 is 0 Å². The van der Waals surface area contributed by atoms with E-state index in [1.165, 1.54) is 29.7 Å². The normalized spacial score (nSPS) is 13.2. The summed E-state index contributed by atoms with van der Waals surface area (Å²) in [5, 5.41) is 9.76. The van der Waals surface area contributed by atoms with Gasteiger partial charge in [-0.25, -0.2) is 13.4 Å². The second-order valence-electron chi connectivity index (χ2n) is 3.82. The maximum absolute atomic E-state index is 12.1. The monoisotopic (exact) mass is 362 g/mol. The quantitative estimate of drug-likeness (QED) is 0.876. The molecule has 0 saturated heterocycles. The zero-order chi connectivity index (χ0) is 14.0. The molecule has 0 aliphatic heterocycles. The Labute approximate surface area is 123 Å². The topological polar surface area (TPSA) is 79.3 Å². The standard InChI is InChI=1S/C11H11BrN2O3S2/c1-7(15)8-3-2-4-9(5-8)19(16,17)14-11-13-6-10(12)18-11/h2-7,15H,1H3,(H,13,14). The van der Waals surface area contributed by atoms with Crippen LogP contribution < -0.4 is 4.72 Å². The van der Waals surface area contributed by atoms with Gasteiger partial charge in [-0.1, -0.05) is 23.5 Å². The van der Waals surface area contributed by atoms with Crippen molar-refractivity contribution in [2.45, 2.75) is 17.9 Å². The number of rotatable bonds is 4. The van der Waals surface area contributed by atoms with Gasteiger partial charge < -0.3 is 5.11 Å². The first-order valence-electron chi connectivity index (χ1n) is 5.30. The molecule has 0 radical (unpaired) electrons. The minimum Gasteiger partial charge on any atom is -0.389 e. The highest BCUT2D eigenvalue weighted by Gasteiger charge is 2.17. The molecular formula is C11H11BrN2O3S2. The number of nitrogens with one attached hydrogen (secondary N) is 1. The highest BCUT2D eigenvalue weighted by molar-refractivity contribution is 9.11. The first-order valence-corrected chi connectivity index (χ1v) is 8.40. The molecule has 2 rings (SSSR count). The van der Waals surface area contributed by atoms with Crippen molar-refractivity contribution < 1.29 is 13.5 Å². The lowest BCUT2D eigenvalue weighted by Crippen LogP contribution is -2.13. The summed E-state index contributed by atoms with van der Waals surface area (Å²) in [4.78, 5) is 4.01. The summed E-state index contributed by atoms with van der Waals surface area (Å²) in [6, 6.07) is 6.17. The molecule has 1 unspecified atom stereocenters. The van der Waals surface area contributed by atoms with Gasteiger partial charge in [-0.2, -0.15) is 0 Å². The van der Waals surface area contributed by atoms with Crippen LogP contribution >= 0.6 is 27.3 Å². The maximum atomic E-state index is 12.1. The Kier molecular flexibility index (Phi) is 4.24. The molecule has 0 aliphatic carbocycles. The highest BCUT2D eigenvalue weighted by atomic mass is 79.9. The van der Waals surface area contributed by atoms with E-state index in [1.807, 2.05) is 0 Å². The van der Waals surface area contributed by atoms with Crippen LogP contribution in [0.2, 0.25) is 0 Å². The van der Waals surface area contributed by atoms with E-state index in [4.69, 9.17) is 0 Å². The van der Waals surface area contributed by atoms with E-state index in [0.29, 0.717) is 5.56 Å². The largest absolute Gasteiger partial charge is 0.389 e. The molecule has 1 atom stereocenters. The van der Waals surface area contributed by atoms with Gasteiger partial charge in [0.05, 0.1) is 21.0 Å². The molecule has 1 heterocycles. The Morgan fingerprint density at radius 3 is 2.79 bits per heavy atom. The van der Waals surface area contributed by atoms with Crippen molar-refractivity contribution in [3.8, 4) is 0 Å². The molecule has 102 valence electrons. The van der Waals surface area contributed by atoms with Crippen LogP contribution in [0.3, 0.4) is 0 Å². The zero-order valence-corrected chi connectivity index (χ0v) is 13.1. The van der Waals surface area contributed by atoms with E-state index in [9.17, 15) is 13.5 Å². The first kappa shape index (κ1) is 14.4. The molecule has 2 N–H and O–H groups in total. The molecule has 19 heavy (non-hydrogen) atoms. The third-order valence-corrected chi connectivity index (χ3v) is 5.21. The van der Waals surface area contributed by atoms with Crippen molar-refractivity contribution in [1.82, 2.24) is 4.98 Å². The van der Waals surface area contributed by atoms with Crippen LogP contribution in [0, 0.1) is 0 Å². The van der Waals surface area contributed by atoms with E-state index >= 15 is 0 Å². The lowest BCUT2D eigenvalue weighted by Gasteiger charge is -2.08. The van der Waals surface area contributed by atoms with E-state index in [-0.39, 0.29) is 10.0 Å². The molecule has 0 spiro atoms. The fourth-order valence-corrected chi connectivity index (χ4v) is 3.82. The highest BCUT2D eigenvalue weighted by Crippen LogP contribution is 2.26. The van der Waals surface area contributed by atoms with E-state index in [1.54, 1.807) is 19.1 Å². The summed E-state index contributed by atoms with van der Waals surface area (Å²) < 4.78 is 27.4. The minimum absolute atomic E-state index is 0.0947. The number of nitrogens with zero attached hydrogens (tertiary/aromatic N) is 1. The second-order valence-corrected chi connectivity index (χ2v) is 7.92. The number of sulfonamides is 1. The summed E-state index contributed by atoms with van der Waals surface area (Å²) in [7, 11) is -3.69. The molecule has 0 fully saturated rings. The molecule has 5 nitrogen and oxygen atoms in total. The lowest BCUT2D eigenvalue weighted by atomic mass is 10.1. The van der Waals surface area contributed by atoms with Gasteiger partial charge in [-0.05, 0) is 40.5 Å². The van der Waals surface area contributed by atoms with Crippen LogP contribution in [0.4, 0.5) is 5.13 Å². The van der Waals surface area contributed by atoms with Crippen LogP contribution in [-0.2, 0) is 10.0 Å². The van der Waals surface area contributed by atoms with Gasteiger partial charge in [-0.3, -0.25) is 4.72 Å². The van der Waals surface area contributed by atoms with E-state index < -0.39 is 16.1 Å². The van der Waals surface area contributed by atoms with E-state index in [0.717, 1.165) is 3.79 Å². The minimum atomic E-state index is -3.69. The summed E-state index contributed by atoms with van der Waals surface area (Å²) >= 11 is 4.40. The Morgan fingerprint density at radius 2 is 2.21 bits per heavy atom. The summed E-state index contributed by atoms with van der Waals surface area (Å²) in [6.07, 6.45) is 0.804. The maximum Gasteiger partial charge on any atom is 0.263 e. The SMILES string of the molecule is CC(O)c1cccc(S(=O)(=O)Nc2ncc(Br)s2)c1. The third kappa shape index (κ3) is 3.53. The molecule has 1 aromatic heterocycles. The van der Waals surface area contributed by atoms with Crippen LogP contribution in [0.1, 0.15) is 18.6 Å². The van der Waals surface area contributed by atoms with Crippen LogP contribution in [0.15, 0.2) is 39.1 Å². The zero-order valence-electron chi connectivity index (χ0n) is 9.87. The van der Waals surface area contributed by atoms with Crippen molar-refractivity contribution in [3.63, 3.8) is 0 Å². The van der Waals surface area contributed by atoms with Crippen molar-refractivity contribution in [3.05, 3.63) is 39.8 Å². The smallest absolute Gasteiger partial charge is 0.263 e. The first-order chi connectivity index (χ1) is 8.88. The number of benzene rings is 1. The Bertz CT molecular complexity index is 683. The molecule has 0 saturated carbocycles. The Morgan fingerprint density at radius 1 is 1.47 bits per heavy atom. The Hall–Kier alpha value is -0.960. The summed E-state index contributed by atoms with van der Waals surface area (Å²) in [6.45, 7) is 1.58. The third-order valence-electron chi connectivity index (χ3n) is 2.35. The predicted octanol–water partition coefficient (Wildman–Crippen LogP) is 2.76. The number of aromatic nitrogens is 1. The fourth-order valence-electron chi connectivity index (χ4n) is 1.42. The number of aliphatic hydroxyl groups is 1. The predicted molar refractivity (Wildman–Crippen MR) is 77.7 cm³/mol. The molecule has 8 heteroatoms.